The van der Waals surface area contributed by atoms with Crippen LogP contribution in [0.5, 0.6) is 0 Å². The van der Waals surface area contributed by atoms with E-state index in [0.717, 1.165) is 0 Å². The van der Waals surface area contributed by atoms with Gasteiger partial charge in [0.25, 0.3) is 0 Å². The van der Waals surface area contributed by atoms with Crippen LogP contribution in [0.2, 0.25) is 0 Å². The Morgan fingerprint density at radius 2 is 1.71 bits per heavy atom. The second-order valence-electron chi connectivity index (χ2n) is 6.62. The quantitative estimate of drug-likeness (QED) is 0.155. The Kier molecular flexibility index (Phi) is 9.86. The molecule has 0 saturated carbocycles. The molecule has 0 aromatic heterocycles. The van der Waals surface area contributed by atoms with E-state index in [0.29, 0.717) is 0 Å². The lowest BCUT2D eigenvalue weighted by molar-refractivity contribution is -0.306. The van der Waals surface area contributed by atoms with Gasteiger partial charge in [0.15, 0.2) is 6.29 Å². The van der Waals surface area contributed by atoms with Crippen molar-refractivity contribution >= 4 is 5.91 Å². The zero-order valence-electron chi connectivity index (χ0n) is 15.3. The summed E-state index contributed by atoms with van der Waals surface area (Å²) in [6, 6.07) is -1.30. The number of aliphatic hydroxyl groups is 8. The number of aliphatic hydroxyl groups excluding tert-OH is 8. The van der Waals surface area contributed by atoms with Gasteiger partial charge in [-0.25, -0.2) is 0 Å². The standard InChI is InChI=1S/C16H29NO11/c1-6(2)15(26)17-7(3-18)10(21)11(22)8(20)5-27-16-14(25)13(24)12(23)9(4-19)28-16/h7-14,16,18-25H,1,3-5H2,2H3,(H,17,26)/t7-,8+,9+,10+,11+,12+,13-,14+,16-/m0/s1. The maximum Gasteiger partial charge on any atom is 0.246 e. The van der Waals surface area contributed by atoms with E-state index in [1.54, 1.807) is 0 Å². The molecule has 12 nitrogen and oxygen atoms in total. The molecule has 1 amide bonds. The highest BCUT2D eigenvalue weighted by atomic mass is 16.7. The number of hydrogen-bond acceptors (Lipinski definition) is 11. The summed E-state index contributed by atoms with van der Waals surface area (Å²) in [6.07, 6.45) is -13.1. The van der Waals surface area contributed by atoms with Gasteiger partial charge in [-0.3, -0.25) is 4.79 Å². The fraction of sp³-hybridized carbons (Fsp3) is 0.812. The third kappa shape index (κ3) is 6.15. The minimum atomic E-state index is -1.87. The third-order valence-corrected chi connectivity index (χ3v) is 4.34. The zero-order chi connectivity index (χ0) is 21.6. The molecular formula is C16H29NO11. The molecule has 12 heteroatoms. The summed E-state index contributed by atoms with van der Waals surface area (Å²) in [7, 11) is 0. The van der Waals surface area contributed by atoms with Gasteiger partial charge >= 0.3 is 0 Å². The number of rotatable bonds is 10. The predicted octanol–water partition coefficient (Wildman–Crippen LogP) is -5.06. The molecule has 1 aliphatic rings. The number of nitrogens with one attached hydrogen (secondary N) is 1. The highest BCUT2D eigenvalue weighted by Gasteiger charge is 2.44. The Hall–Kier alpha value is -1.19. The highest BCUT2D eigenvalue weighted by Crippen LogP contribution is 2.22. The van der Waals surface area contributed by atoms with Crippen LogP contribution in [0.25, 0.3) is 0 Å². The summed E-state index contributed by atoms with van der Waals surface area (Å²) < 4.78 is 10.1. The monoisotopic (exact) mass is 411 g/mol. The second kappa shape index (κ2) is 11.1. The van der Waals surface area contributed by atoms with Gasteiger partial charge < -0.3 is 55.6 Å². The molecule has 1 rings (SSSR count). The number of ether oxygens (including phenoxy) is 2. The summed E-state index contributed by atoms with van der Waals surface area (Å²) in [6.45, 7) is 2.70. The van der Waals surface area contributed by atoms with Crippen molar-refractivity contribution in [3.63, 3.8) is 0 Å². The molecule has 0 aromatic carbocycles. The first-order valence-corrected chi connectivity index (χ1v) is 8.58. The van der Waals surface area contributed by atoms with Crippen LogP contribution in [0.15, 0.2) is 12.2 Å². The van der Waals surface area contributed by atoms with Crippen LogP contribution in [0.1, 0.15) is 6.92 Å². The summed E-state index contributed by atoms with van der Waals surface area (Å²) >= 11 is 0. The number of carbonyl (C=O) groups excluding carboxylic acids is 1. The van der Waals surface area contributed by atoms with E-state index in [4.69, 9.17) is 14.6 Å². The van der Waals surface area contributed by atoms with Crippen LogP contribution in [-0.4, -0.2) is 122 Å². The molecule has 28 heavy (non-hydrogen) atoms. The van der Waals surface area contributed by atoms with Crippen molar-refractivity contribution in [3.8, 4) is 0 Å². The van der Waals surface area contributed by atoms with E-state index in [1.165, 1.54) is 6.92 Å². The van der Waals surface area contributed by atoms with Crippen molar-refractivity contribution in [1.29, 1.82) is 0 Å². The van der Waals surface area contributed by atoms with Crippen LogP contribution in [0, 0.1) is 0 Å². The molecule has 9 atom stereocenters. The molecule has 9 N–H and O–H groups in total. The summed E-state index contributed by atoms with van der Waals surface area (Å²) in [4.78, 5) is 11.6. The van der Waals surface area contributed by atoms with E-state index in [1.807, 2.05) is 0 Å². The molecule has 0 aliphatic carbocycles. The minimum Gasteiger partial charge on any atom is -0.394 e. The third-order valence-electron chi connectivity index (χ3n) is 4.34. The van der Waals surface area contributed by atoms with Crippen LogP contribution >= 0.6 is 0 Å². The molecule has 0 aromatic rings. The first-order valence-electron chi connectivity index (χ1n) is 8.58. The lowest BCUT2D eigenvalue weighted by Crippen LogP contribution is -2.60. The van der Waals surface area contributed by atoms with Gasteiger partial charge in [0, 0.05) is 5.57 Å². The average Bonchev–Trinajstić information content (AvgIpc) is 2.67. The van der Waals surface area contributed by atoms with Crippen molar-refractivity contribution in [3.05, 3.63) is 12.2 Å². The largest absolute Gasteiger partial charge is 0.394 e. The van der Waals surface area contributed by atoms with Crippen molar-refractivity contribution in [2.24, 2.45) is 0 Å². The Morgan fingerprint density at radius 3 is 2.21 bits per heavy atom. The van der Waals surface area contributed by atoms with Crippen LogP contribution in [0.4, 0.5) is 0 Å². The molecule has 164 valence electrons. The van der Waals surface area contributed by atoms with E-state index < -0.39 is 80.8 Å². The molecule has 0 spiro atoms. The Morgan fingerprint density at radius 1 is 1.11 bits per heavy atom. The van der Waals surface area contributed by atoms with Crippen LogP contribution in [-0.2, 0) is 14.3 Å². The zero-order valence-corrected chi connectivity index (χ0v) is 15.3. The van der Waals surface area contributed by atoms with Gasteiger partial charge in [0.1, 0.15) is 42.7 Å². The van der Waals surface area contributed by atoms with Crippen LogP contribution < -0.4 is 5.32 Å². The number of amides is 1. The summed E-state index contributed by atoms with van der Waals surface area (Å²) in [5, 5.41) is 79.9. The Bertz CT molecular complexity index is 517. The maximum atomic E-state index is 11.6. The van der Waals surface area contributed by atoms with E-state index in [2.05, 4.69) is 11.9 Å². The fourth-order valence-corrected chi connectivity index (χ4v) is 2.49. The molecule has 1 fully saturated rings. The Balaban J connectivity index is 2.64. The van der Waals surface area contributed by atoms with Crippen molar-refractivity contribution in [2.75, 3.05) is 19.8 Å². The van der Waals surface area contributed by atoms with Crippen molar-refractivity contribution < 1.29 is 55.1 Å². The normalized spacial score (nSPS) is 32.2. The molecule has 1 aliphatic heterocycles. The van der Waals surface area contributed by atoms with E-state index >= 15 is 0 Å². The number of carbonyl (C=O) groups is 1. The van der Waals surface area contributed by atoms with Crippen molar-refractivity contribution in [1.82, 2.24) is 5.32 Å². The van der Waals surface area contributed by atoms with Crippen LogP contribution in [0.3, 0.4) is 0 Å². The molecule has 1 heterocycles. The average molecular weight is 411 g/mol. The maximum absolute atomic E-state index is 11.6. The highest BCUT2D eigenvalue weighted by molar-refractivity contribution is 5.92. The molecule has 1 saturated heterocycles. The number of hydrogen-bond donors (Lipinski definition) is 9. The van der Waals surface area contributed by atoms with Gasteiger partial charge in [-0.2, -0.15) is 0 Å². The lowest BCUT2D eigenvalue weighted by atomic mass is 9.99. The summed E-state index contributed by atoms with van der Waals surface area (Å²) in [5.41, 5.74) is 0.103. The van der Waals surface area contributed by atoms with Gasteiger partial charge in [-0.15, -0.1) is 0 Å². The van der Waals surface area contributed by atoms with Gasteiger partial charge in [0.2, 0.25) is 5.91 Å². The van der Waals surface area contributed by atoms with E-state index in [-0.39, 0.29) is 5.57 Å². The fourth-order valence-electron chi connectivity index (χ4n) is 2.49. The van der Waals surface area contributed by atoms with Crippen molar-refractivity contribution in [2.45, 2.75) is 62.0 Å². The summed E-state index contributed by atoms with van der Waals surface area (Å²) in [5.74, 6) is -0.669. The van der Waals surface area contributed by atoms with Gasteiger partial charge in [-0.1, -0.05) is 6.58 Å². The van der Waals surface area contributed by atoms with E-state index in [9.17, 15) is 40.5 Å². The molecular weight excluding hydrogens is 382 g/mol. The molecule has 0 unspecified atom stereocenters. The first-order chi connectivity index (χ1) is 13.0. The predicted molar refractivity (Wildman–Crippen MR) is 91.6 cm³/mol. The molecule has 0 radical (unpaired) electrons. The second-order valence-corrected chi connectivity index (χ2v) is 6.62. The van der Waals surface area contributed by atoms with Gasteiger partial charge in [-0.05, 0) is 6.92 Å². The SMILES string of the molecule is C=C(C)C(=O)N[C@@H](CO)[C@@H](O)[C@H](O)[C@H](O)CO[C@H]1O[C@H](CO)[C@@H](O)[C@H](O)[C@H]1O. The minimum absolute atomic E-state index is 0.103. The first kappa shape index (κ1) is 24.8. The topological polar surface area (TPSA) is 209 Å². The Labute approximate surface area is 161 Å². The van der Waals surface area contributed by atoms with Gasteiger partial charge in [0.05, 0.1) is 25.9 Å². The molecule has 0 bridgehead atoms. The lowest BCUT2D eigenvalue weighted by Gasteiger charge is -2.40. The smallest absolute Gasteiger partial charge is 0.246 e.